The van der Waals surface area contributed by atoms with Crippen LogP contribution in [0.4, 0.5) is 5.13 Å². The molecule has 0 saturated carbocycles. The van der Waals surface area contributed by atoms with Crippen molar-refractivity contribution < 1.29 is 24.2 Å². The lowest BCUT2D eigenvalue weighted by Crippen LogP contribution is -2.29. The Morgan fingerprint density at radius 1 is 1.19 bits per heavy atom. The van der Waals surface area contributed by atoms with Gasteiger partial charge in [0.1, 0.15) is 23.3 Å². The molecule has 1 amide bonds. The van der Waals surface area contributed by atoms with Crippen molar-refractivity contribution in [2.75, 3.05) is 18.6 Å². The predicted molar refractivity (Wildman–Crippen MR) is 140 cm³/mol. The number of carbonyl (C=O) groups is 2. The van der Waals surface area contributed by atoms with Crippen LogP contribution in [-0.2, 0) is 16.0 Å². The number of methoxy groups -OCH3 is 1. The maximum atomic E-state index is 13.5. The molecule has 2 aromatic heterocycles. The Labute approximate surface area is 216 Å². The van der Waals surface area contributed by atoms with E-state index in [0.29, 0.717) is 34.3 Å². The number of ketones is 1. The summed E-state index contributed by atoms with van der Waals surface area (Å²) in [7, 11) is 1.60. The van der Waals surface area contributed by atoms with Gasteiger partial charge in [-0.3, -0.25) is 19.5 Å². The standard InChI is InChI=1S/C28H23N3O5S/c1-15-12-19-22(14-21(15)35-2)37-28(30-19)31-24(18-7-3-4-10-29-18)23(26(33)27(31)34)25(32)17-8-9-20-16(13-17)6-5-11-36-20/h3-4,7-10,12-14,24,32H,5-6,11H2,1-2H3/b25-23+. The second kappa shape index (κ2) is 9.01. The van der Waals surface area contributed by atoms with Gasteiger partial charge in [0.25, 0.3) is 5.78 Å². The molecular formula is C28H23N3O5S. The zero-order valence-corrected chi connectivity index (χ0v) is 21.0. The van der Waals surface area contributed by atoms with Gasteiger partial charge in [0.15, 0.2) is 5.13 Å². The maximum Gasteiger partial charge on any atom is 0.301 e. The quantitative estimate of drug-likeness (QED) is 0.234. The average Bonchev–Trinajstić information content (AvgIpc) is 3.45. The van der Waals surface area contributed by atoms with E-state index in [2.05, 4.69) is 9.97 Å². The van der Waals surface area contributed by atoms with Crippen molar-refractivity contribution in [3.63, 3.8) is 0 Å². The summed E-state index contributed by atoms with van der Waals surface area (Å²) in [6.07, 6.45) is 3.28. The summed E-state index contributed by atoms with van der Waals surface area (Å²) in [5.74, 6) is -0.313. The van der Waals surface area contributed by atoms with E-state index in [1.165, 1.54) is 16.2 Å². The first kappa shape index (κ1) is 23.2. The molecule has 1 saturated heterocycles. The molecule has 1 N–H and O–H groups in total. The molecule has 186 valence electrons. The van der Waals surface area contributed by atoms with Crippen LogP contribution >= 0.6 is 11.3 Å². The van der Waals surface area contributed by atoms with Crippen molar-refractivity contribution in [1.29, 1.82) is 0 Å². The number of aliphatic hydroxyl groups excluding tert-OH is 1. The average molecular weight is 514 g/mol. The van der Waals surface area contributed by atoms with Gasteiger partial charge >= 0.3 is 5.91 Å². The molecule has 0 spiro atoms. The number of anilines is 1. The minimum Gasteiger partial charge on any atom is -0.507 e. The highest BCUT2D eigenvalue weighted by molar-refractivity contribution is 7.22. The molecule has 0 bridgehead atoms. The largest absolute Gasteiger partial charge is 0.507 e. The summed E-state index contributed by atoms with van der Waals surface area (Å²) < 4.78 is 11.9. The lowest BCUT2D eigenvalue weighted by Gasteiger charge is -2.22. The molecule has 6 rings (SSSR count). The molecule has 1 atom stereocenters. The molecule has 2 aliphatic rings. The Morgan fingerprint density at radius 3 is 2.84 bits per heavy atom. The normalized spacial score (nSPS) is 18.6. The number of pyridine rings is 1. The fourth-order valence-electron chi connectivity index (χ4n) is 4.88. The first-order chi connectivity index (χ1) is 18.0. The van der Waals surface area contributed by atoms with Crippen LogP contribution in [0.25, 0.3) is 16.0 Å². The van der Waals surface area contributed by atoms with Crippen LogP contribution in [0.1, 0.15) is 34.8 Å². The van der Waals surface area contributed by atoms with E-state index in [-0.39, 0.29) is 11.3 Å². The summed E-state index contributed by atoms with van der Waals surface area (Å²) in [6, 6.07) is 13.4. The predicted octanol–water partition coefficient (Wildman–Crippen LogP) is 4.96. The molecule has 9 heteroatoms. The minimum atomic E-state index is -0.933. The third kappa shape index (κ3) is 3.82. The molecule has 1 unspecified atom stereocenters. The second-order valence-corrected chi connectivity index (χ2v) is 9.99. The van der Waals surface area contributed by atoms with E-state index >= 15 is 0 Å². The Kier molecular flexibility index (Phi) is 5.64. The van der Waals surface area contributed by atoms with E-state index in [9.17, 15) is 14.7 Å². The summed E-state index contributed by atoms with van der Waals surface area (Å²) in [5.41, 5.74) is 3.44. The number of nitrogens with zero attached hydrogens (tertiary/aromatic N) is 3. The van der Waals surface area contributed by atoms with Gasteiger partial charge in [-0.05, 0) is 73.4 Å². The summed E-state index contributed by atoms with van der Waals surface area (Å²) in [5, 5.41) is 11.8. The number of thiazole rings is 1. The zero-order chi connectivity index (χ0) is 25.7. The number of rotatable bonds is 4. The van der Waals surface area contributed by atoms with Crippen molar-refractivity contribution in [2.45, 2.75) is 25.8 Å². The van der Waals surface area contributed by atoms with Crippen LogP contribution in [0.2, 0.25) is 0 Å². The highest BCUT2D eigenvalue weighted by atomic mass is 32.1. The highest BCUT2D eigenvalue weighted by Gasteiger charge is 2.49. The number of benzene rings is 2. The number of aromatic nitrogens is 2. The molecule has 2 aromatic carbocycles. The van der Waals surface area contributed by atoms with Crippen molar-refractivity contribution in [2.24, 2.45) is 0 Å². The molecule has 4 aromatic rings. The summed E-state index contributed by atoms with van der Waals surface area (Å²) >= 11 is 1.28. The topological polar surface area (TPSA) is 102 Å². The Hall–Kier alpha value is -4.24. The Bertz CT molecular complexity index is 1590. The highest BCUT2D eigenvalue weighted by Crippen LogP contribution is 2.44. The van der Waals surface area contributed by atoms with Gasteiger partial charge in [0.05, 0.1) is 35.2 Å². The van der Waals surface area contributed by atoms with Gasteiger partial charge in [0, 0.05) is 11.8 Å². The van der Waals surface area contributed by atoms with E-state index in [1.54, 1.807) is 43.6 Å². The number of hydrogen-bond donors (Lipinski definition) is 1. The fraction of sp³-hybridized carbons (Fsp3) is 0.214. The number of ether oxygens (including phenoxy) is 2. The lowest BCUT2D eigenvalue weighted by molar-refractivity contribution is -0.132. The third-order valence-corrected chi connectivity index (χ3v) is 7.71. The van der Waals surface area contributed by atoms with Crippen LogP contribution in [-0.4, -0.2) is 40.5 Å². The molecule has 8 nitrogen and oxygen atoms in total. The molecule has 37 heavy (non-hydrogen) atoms. The molecule has 0 aliphatic carbocycles. The first-order valence-electron chi connectivity index (χ1n) is 11.9. The zero-order valence-electron chi connectivity index (χ0n) is 20.2. The van der Waals surface area contributed by atoms with Crippen molar-refractivity contribution in [3.8, 4) is 11.5 Å². The van der Waals surface area contributed by atoms with Crippen LogP contribution in [0, 0.1) is 6.92 Å². The van der Waals surface area contributed by atoms with Crippen LogP contribution in [0.15, 0.2) is 60.3 Å². The first-order valence-corrected chi connectivity index (χ1v) is 12.7. The van der Waals surface area contributed by atoms with Gasteiger partial charge in [-0.2, -0.15) is 0 Å². The number of hydrogen-bond acceptors (Lipinski definition) is 8. The van der Waals surface area contributed by atoms with Gasteiger partial charge < -0.3 is 14.6 Å². The van der Waals surface area contributed by atoms with E-state index in [1.807, 2.05) is 25.1 Å². The van der Waals surface area contributed by atoms with Crippen molar-refractivity contribution in [1.82, 2.24) is 9.97 Å². The van der Waals surface area contributed by atoms with E-state index in [0.717, 1.165) is 34.4 Å². The number of aliphatic hydroxyl groups is 1. The number of amides is 1. The van der Waals surface area contributed by atoms with Crippen LogP contribution in [0.3, 0.4) is 0 Å². The minimum absolute atomic E-state index is 0.0200. The second-order valence-electron chi connectivity index (χ2n) is 8.98. The van der Waals surface area contributed by atoms with Gasteiger partial charge in [-0.15, -0.1) is 0 Å². The molecule has 2 aliphatic heterocycles. The Balaban J connectivity index is 1.52. The number of carbonyl (C=O) groups excluding carboxylic acids is 2. The number of fused-ring (bicyclic) bond motifs is 2. The van der Waals surface area contributed by atoms with Gasteiger partial charge in [0.2, 0.25) is 0 Å². The van der Waals surface area contributed by atoms with E-state index < -0.39 is 17.7 Å². The molecule has 4 heterocycles. The number of Topliss-reactive ketones (excluding diaryl/α,β-unsaturated/α-hetero) is 1. The molecule has 0 radical (unpaired) electrons. The van der Waals surface area contributed by atoms with Crippen molar-refractivity contribution in [3.05, 3.63) is 82.7 Å². The molecular weight excluding hydrogens is 490 g/mol. The van der Waals surface area contributed by atoms with Crippen molar-refractivity contribution >= 4 is 44.1 Å². The number of aryl methyl sites for hydroxylation is 2. The van der Waals surface area contributed by atoms with Crippen LogP contribution < -0.4 is 14.4 Å². The fourth-order valence-corrected chi connectivity index (χ4v) is 5.88. The van der Waals surface area contributed by atoms with Gasteiger partial charge in [-0.25, -0.2) is 4.98 Å². The monoisotopic (exact) mass is 513 g/mol. The van der Waals surface area contributed by atoms with Crippen LogP contribution in [0.5, 0.6) is 11.5 Å². The summed E-state index contributed by atoms with van der Waals surface area (Å²) in [4.78, 5) is 37.4. The lowest BCUT2D eigenvalue weighted by atomic mass is 9.96. The van der Waals surface area contributed by atoms with Gasteiger partial charge in [-0.1, -0.05) is 17.4 Å². The summed E-state index contributed by atoms with van der Waals surface area (Å²) in [6.45, 7) is 2.57. The SMILES string of the molecule is COc1cc2sc(N3C(=O)C(=O)/C(=C(/O)c4ccc5c(c4)CCCO5)C3c3ccccn3)nc2cc1C. The molecule has 1 fully saturated rings. The maximum absolute atomic E-state index is 13.5. The third-order valence-electron chi connectivity index (χ3n) is 6.69. The Morgan fingerprint density at radius 2 is 2.05 bits per heavy atom. The smallest absolute Gasteiger partial charge is 0.301 e. The van der Waals surface area contributed by atoms with E-state index in [4.69, 9.17) is 9.47 Å².